The molecule has 3 heterocycles. The van der Waals surface area contributed by atoms with Crippen LogP contribution < -0.4 is 10.6 Å². The number of carbonyl (C=O) groups is 3. The zero-order valence-electron chi connectivity index (χ0n) is 20.8. The summed E-state index contributed by atoms with van der Waals surface area (Å²) in [7, 11) is 0. The molecule has 188 valence electrons. The number of benzene rings is 3. The fourth-order valence-electron chi connectivity index (χ4n) is 6.48. The number of aryl methyl sites for hydroxylation is 2. The number of aromatic hydroxyl groups is 1. The molecule has 0 bridgehead atoms. The lowest BCUT2D eigenvalue weighted by molar-refractivity contribution is -0.142. The molecule has 0 saturated carbocycles. The molecular formula is C30H29N3O4. The van der Waals surface area contributed by atoms with Crippen LogP contribution in [0.4, 0.5) is 5.69 Å². The Morgan fingerprint density at radius 3 is 2.38 bits per heavy atom. The van der Waals surface area contributed by atoms with Gasteiger partial charge in [0.2, 0.25) is 17.7 Å². The SMILES string of the molecule is Cc1cc(C)c2c(c1)C1(NC(Cc3ccc(O)cc3)[C@H]3C(=O)N(CCc4ccccc4)C(=O)[C@H]31)C(=O)N2. The van der Waals surface area contributed by atoms with E-state index in [1.54, 1.807) is 12.1 Å². The number of hydrogen-bond acceptors (Lipinski definition) is 5. The summed E-state index contributed by atoms with van der Waals surface area (Å²) in [6, 6.07) is 20.1. The normalized spacial score (nSPS) is 26.1. The van der Waals surface area contributed by atoms with Crippen molar-refractivity contribution in [2.45, 2.75) is 38.3 Å². The van der Waals surface area contributed by atoms with Crippen molar-refractivity contribution in [1.82, 2.24) is 10.2 Å². The molecule has 3 amide bonds. The van der Waals surface area contributed by atoms with Crippen LogP contribution >= 0.6 is 0 Å². The van der Waals surface area contributed by atoms with Crippen molar-refractivity contribution in [2.24, 2.45) is 11.8 Å². The molecule has 3 aliphatic rings. The molecule has 2 saturated heterocycles. The Morgan fingerprint density at radius 2 is 1.65 bits per heavy atom. The standard InChI is InChI=1S/C30H29N3O4/c1-17-14-18(2)26-22(15-17)30(29(37)31-26)25-24(23(32-30)16-20-8-10-21(34)11-9-20)27(35)33(28(25)36)13-12-19-6-4-3-5-7-19/h3-11,14-15,23-25,32,34H,12-13,16H2,1-2H3,(H,31,37)/t23?,24-,25+,30?/m1/s1. The number of phenols is 1. The topological polar surface area (TPSA) is 98.7 Å². The molecule has 6 rings (SSSR count). The number of anilines is 1. The number of rotatable bonds is 5. The number of fused-ring (bicyclic) bond motifs is 4. The van der Waals surface area contributed by atoms with Crippen LogP contribution in [0.25, 0.3) is 0 Å². The molecule has 3 aromatic rings. The summed E-state index contributed by atoms with van der Waals surface area (Å²) in [6.07, 6.45) is 1.00. The van der Waals surface area contributed by atoms with Crippen LogP contribution in [-0.4, -0.2) is 40.3 Å². The van der Waals surface area contributed by atoms with E-state index in [1.807, 2.05) is 68.4 Å². The van der Waals surface area contributed by atoms with Crippen molar-refractivity contribution in [2.75, 3.05) is 11.9 Å². The minimum absolute atomic E-state index is 0.159. The summed E-state index contributed by atoms with van der Waals surface area (Å²) >= 11 is 0. The van der Waals surface area contributed by atoms with Gasteiger partial charge in [-0.05, 0) is 55.5 Å². The Bertz CT molecular complexity index is 1420. The molecule has 3 aromatic carbocycles. The highest BCUT2D eigenvalue weighted by Crippen LogP contribution is 2.54. The van der Waals surface area contributed by atoms with Crippen LogP contribution in [0.5, 0.6) is 5.75 Å². The minimum atomic E-state index is -1.31. The Labute approximate surface area is 215 Å². The molecule has 0 aliphatic carbocycles. The van der Waals surface area contributed by atoms with Gasteiger partial charge in [-0.15, -0.1) is 0 Å². The second kappa shape index (κ2) is 8.56. The number of hydrogen-bond donors (Lipinski definition) is 3. The van der Waals surface area contributed by atoms with E-state index in [1.165, 1.54) is 4.90 Å². The lowest BCUT2D eigenvalue weighted by atomic mass is 9.75. The van der Waals surface area contributed by atoms with Crippen molar-refractivity contribution in [3.05, 3.63) is 94.5 Å². The maximum atomic E-state index is 14.0. The van der Waals surface area contributed by atoms with Crippen LogP contribution in [0.2, 0.25) is 0 Å². The third-order valence-electron chi connectivity index (χ3n) is 8.12. The van der Waals surface area contributed by atoms with E-state index in [0.717, 1.165) is 33.5 Å². The predicted molar refractivity (Wildman–Crippen MR) is 139 cm³/mol. The number of amides is 3. The van der Waals surface area contributed by atoms with E-state index >= 15 is 0 Å². The average Bonchev–Trinajstić information content (AvgIpc) is 3.45. The molecule has 1 spiro atoms. The molecule has 0 radical (unpaired) electrons. The van der Waals surface area contributed by atoms with Gasteiger partial charge in [-0.3, -0.25) is 24.6 Å². The van der Waals surface area contributed by atoms with E-state index in [2.05, 4.69) is 10.6 Å². The highest BCUT2D eigenvalue weighted by molar-refractivity contribution is 6.15. The first-order valence-electron chi connectivity index (χ1n) is 12.7. The summed E-state index contributed by atoms with van der Waals surface area (Å²) < 4.78 is 0. The molecule has 0 aromatic heterocycles. The average molecular weight is 496 g/mol. The van der Waals surface area contributed by atoms with E-state index in [0.29, 0.717) is 12.8 Å². The fourth-order valence-corrected chi connectivity index (χ4v) is 6.48. The van der Waals surface area contributed by atoms with Crippen LogP contribution in [0, 0.1) is 25.7 Å². The lowest BCUT2D eigenvalue weighted by Gasteiger charge is -2.30. The maximum absolute atomic E-state index is 14.0. The van der Waals surface area contributed by atoms with Gasteiger partial charge in [0.1, 0.15) is 11.3 Å². The van der Waals surface area contributed by atoms with Gasteiger partial charge >= 0.3 is 0 Å². The van der Waals surface area contributed by atoms with Gasteiger partial charge in [-0.25, -0.2) is 0 Å². The second-order valence-corrected chi connectivity index (χ2v) is 10.5. The van der Waals surface area contributed by atoms with Crippen molar-refractivity contribution in [3.63, 3.8) is 0 Å². The monoisotopic (exact) mass is 495 g/mol. The zero-order valence-corrected chi connectivity index (χ0v) is 20.8. The predicted octanol–water partition coefficient (Wildman–Crippen LogP) is 3.21. The number of carbonyl (C=O) groups excluding carboxylic acids is 3. The van der Waals surface area contributed by atoms with Gasteiger partial charge < -0.3 is 10.4 Å². The van der Waals surface area contributed by atoms with Crippen LogP contribution in [0.1, 0.15) is 27.8 Å². The third kappa shape index (κ3) is 3.56. The lowest BCUT2D eigenvalue weighted by Crippen LogP contribution is -2.53. The van der Waals surface area contributed by atoms with Gasteiger partial charge in [-0.1, -0.05) is 60.2 Å². The van der Waals surface area contributed by atoms with Crippen LogP contribution in [0.15, 0.2) is 66.7 Å². The first kappa shape index (κ1) is 23.4. The Balaban J connectivity index is 1.42. The number of nitrogens with zero attached hydrogens (tertiary/aromatic N) is 1. The largest absolute Gasteiger partial charge is 0.508 e. The molecule has 2 unspecified atom stereocenters. The summed E-state index contributed by atoms with van der Waals surface area (Å²) in [5.74, 6) is -2.16. The smallest absolute Gasteiger partial charge is 0.250 e. The van der Waals surface area contributed by atoms with Gasteiger partial charge in [-0.2, -0.15) is 0 Å². The van der Waals surface area contributed by atoms with E-state index in [9.17, 15) is 19.5 Å². The third-order valence-corrected chi connectivity index (χ3v) is 8.12. The highest BCUT2D eigenvalue weighted by atomic mass is 16.3. The number of likely N-dealkylation sites (tertiary alicyclic amines) is 1. The quantitative estimate of drug-likeness (QED) is 0.472. The molecule has 2 fully saturated rings. The van der Waals surface area contributed by atoms with Crippen molar-refractivity contribution < 1.29 is 19.5 Å². The molecule has 7 heteroatoms. The maximum Gasteiger partial charge on any atom is 0.250 e. The van der Waals surface area contributed by atoms with E-state index in [-0.39, 0.29) is 30.0 Å². The Kier molecular flexibility index (Phi) is 5.42. The summed E-state index contributed by atoms with van der Waals surface area (Å²) in [4.78, 5) is 43.0. The minimum Gasteiger partial charge on any atom is -0.508 e. The summed E-state index contributed by atoms with van der Waals surface area (Å²) in [5.41, 5.74) is 4.02. The highest BCUT2D eigenvalue weighted by Gasteiger charge is 2.70. The molecule has 3 aliphatic heterocycles. The van der Waals surface area contributed by atoms with Gasteiger partial charge in [0.15, 0.2) is 0 Å². The Hall–Kier alpha value is -3.97. The molecule has 37 heavy (non-hydrogen) atoms. The summed E-state index contributed by atoms with van der Waals surface area (Å²) in [5, 5.41) is 16.2. The first-order chi connectivity index (χ1) is 17.8. The fraction of sp³-hybridized carbons (Fsp3) is 0.300. The van der Waals surface area contributed by atoms with E-state index in [4.69, 9.17) is 0 Å². The Morgan fingerprint density at radius 1 is 0.919 bits per heavy atom. The molecule has 7 nitrogen and oxygen atoms in total. The zero-order chi connectivity index (χ0) is 25.9. The van der Waals surface area contributed by atoms with E-state index < -0.39 is 23.4 Å². The van der Waals surface area contributed by atoms with Gasteiger partial charge in [0.05, 0.1) is 11.8 Å². The van der Waals surface area contributed by atoms with Crippen molar-refractivity contribution >= 4 is 23.4 Å². The van der Waals surface area contributed by atoms with Crippen molar-refractivity contribution in [1.29, 1.82) is 0 Å². The number of phenolic OH excluding ortho intramolecular Hbond substituents is 1. The first-order valence-corrected chi connectivity index (χ1v) is 12.7. The van der Waals surface area contributed by atoms with Gasteiger partial charge in [0, 0.05) is 23.8 Å². The molecule has 4 atom stereocenters. The molecular weight excluding hydrogens is 466 g/mol. The summed E-state index contributed by atoms with van der Waals surface area (Å²) in [6.45, 7) is 4.19. The van der Waals surface area contributed by atoms with Gasteiger partial charge in [0.25, 0.3) is 0 Å². The van der Waals surface area contributed by atoms with Crippen molar-refractivity contribution in [3.8, 4) is 5.75 Å². The van der Waals surface area contributed by atoms with Crippen LogP contribution in [-0.2, 0) is 32.8 Å². The second-order valence-electron chi connectivity index (χ2n) is 10.5. The molecule has 3 N–H and O–H groups in total. The number of nitrogens with one attached hydrogen (secondary N) is 2. The van der Waals surface area contributed by atoms with Crippen LogP contribution in [0.3, 0.4) is 0 Å². The number of imide groups is 1.